The second-order valence-corrected chi connectivity index (χ2v) is 5.87. The highest BCUT2D eigenvalue weighted by Gasteiger charge is 2.19. The number of ether oxygens (including phenoxy) is 1. The molecule has 0 saturated carbocycles. The minimum atomic E-state index is 0.457. The van der Waals surface area contributed by atoms with Gasteiger partial charge in [0.15, 0.2) is 5.96 Å². The molecule has 1 unspecified atom stereocenters. The molecule has 1 aliphatic rings. The molecule has 23 heavy (non-hydrogen) atoms. The number of fused-ring (bicyclic) bond motifs is 1. The number of nitrogens with two attached hydrogens (primary N) is 1. The van der Waals surface area contributed by atoms with Crippen LogP contribution >= 0.6 is 0 Å². The maximum Gasteiger partial charge on any atom is 0.193 e. The van der Waals surface area contributed by atoms with Crippen LogP contribution in [0, 0.1) is 0 Å². The minimum Gasteiger partial charge on any atom is -0.497 e. The number of anilines is 1. The summed E-state index contributed by atoms with van der Waals surface area (Å²) in [7, 11) is 1.65. The summed E-state index contributed by atoms with van der Waals surface area (Å²) in [5.74, 6) is 1.75. The first-order valence-corrected chi connectivity index (χ1v) is 8.05. The van der Waals surface area contributed by atoms with Gasteiger partial charge in [0.05, 0.1) is 7.11 Å². The Bertz CT molecular complexity index is 679. The maximum absolute atomic E-state index is 6.02. The van der Waals surface area contributed by atoms with Crippen molar-refractivity contribution in [2.24, 2.45) is 10.7 Å². The lowest BCUT2D eigenvalue weighted by atomic mass is 9.83. The van der Waals surface area contributed by atoms with E-state index in [4.69, 9.17) is 10.5 Å². The lowest BCUT2D eigenvalue weighted by molar-refractivity contribution is 0.415. The van der Waals surface area contributed by atoms with E-state index >= 15 is 0 Å². The standard InChI is InChI=1S/C19H23N3O/c1-23-17-11-9-16(10-12-17)22-19(20)21-13-15-7-4-6-14-5-2-3-8-18(14)15/h2-3,5,8-12,15H,4,6-7,13H2,1H3,(H3,20,21,22). The Kier molecular flexibility index (Phi) is 4.81. The van der Waals surface area contributed by atoms with E-state index in [1.165, 1.54) is 30.4 Å². The summed E-state index contributed by atoms with van der Waals surface area (Å²) in [6.45, 7) is 0.728. The van der Waals surface area contributed by atoms with Crippen molar-refractivity contribution in [2.75, 3.05) is 19.0 Å². The van der Waals surface area contributed by atoms with Crippen LogP contribution in [0.15, 0.2) is 53.5 Å². The number of aliphatic imine (C=N–C) groups is 1. The van der Waals surface area contributed by atoms with Gasteiger partial charge >= 0.3 is 0 Å². The van der Waals surface area contributed by atoms with Crippen LogP contribution in [-0.2, 0) is 6.42 Å². The van der Waals surface area contributed by atoms with Gasteiger partial charge in [-0.1, -0.05) is 24.3 Å². The summed E-state index contributed by atoms with van der Waals surface area (Å²) in [4.78, 5) is 4.54. The van der Waals surface area contributed by atoms with E-state index in [9.17, 15) is 0 Å². The van der Waals surface area contributed by atoms with Crippen molar-refractivity contribution in [3.63, 3.8) is 0 Å². The normalized spacial score (nSPS) is 17.4. The zero-order valence-electron chi connectivity index (χ0n) is 13.5. The molecule has 0 saturated heterocycles. The SMILES string of the molecule is COc1ccc(NC(N)=NCC2CCCc3ccccc32)cc1. The van der Waals surface area contributed by atoms with Crippen LogP contribution in [0.4, 0.5) is 5.69 Å². The third-order valence-corrected chi connectivity index (χ3v) is 4.34. The molecule has 2 aromatic carbocycles. The fourth-order valence-corrected chi connectivity index (χ4v) is 3.11. The largest absolute Gasteiger partial charge is 0.497 e. The van der Waals surface area contributed by atoms with Gasteiger partial charge in [0.2, 0.25) is 0 Å². The van der Waals surface area contributed by atoms with Crippen LogP contribution < -0.4 is 15.8 Å². The van der Waals surface area contributed by atoms with Crippen molar-refractivity contribution in [1.29, 1.82) is 0 Å². The summed E-state index contributed by atoms with van der Waals surface area (Å²) in [6.07, 6.45) is 3.58. The monoisotopic (exact) mass is 309 g/mol. The van der Waals surface area contributed by atoms with E-state index in [1.54, 1.807) is 7.11 Å². The first-order chi connectivity index (χ1) is 11.3. The van der Waals surface area contributed by atoms with Gasteiger partial charge in [-0.15, -0.1) is 0 Å². The van der Waals surface area contributed by atoms with Crippen LogP contribution in [0.5, 0.6) is 5.75 Å². The maximum atomic E-state index is 6.02. The summed E-state index contributed by atoms with van der Waals surface area (Å²) in [5.41, 5.74) is 9.82. The Labute approximate surface area is 137 Å². The number of nitrogens with one attached hydrogen (secondary N) is 1. The molecular formula is C19H23N3O. The molecule has 3 rings (SSSR count). The lowest BCUT2D eigenvalue weighted by Crippen LogP contribution is -2.24. The molecule has 0 amide bonds. The number of aryl methyl sites for hydroxylation is 1. The Morgan fingerprint density at radius 1 is 1.22 bits per heavy atom. The Morgan fingerprint density at radius 2 is 2.00 bits per heavy atom. The van der Waals surface area contributed by atoms with Crippen LogP contribution in [0.1, 0.15) is 29.9 Å². The van der Waals surface area contributed by atoms with E-state index in [0.29, 0.717) is 11.9 Å². The molecule has 1 aliphatic carbocycles. The quantitative estimate of drug-likeness (QED) is 0.671. The first-order valence-electron chi connectivity index (χ1n) is 8.05. The average Bonchev–Trinajstić information content (AvgIpc) is 2.60. The zero-order chi connectivity index (χ0) is 16.1. The van der Waals surface area contributed by atoms with Crippen molar-refractivity contribution in [3.05, 3.63) is 59.7 Å². The van der Waals surface area contributed by atoms with E-state index in [2.05, 4.69) is 34.6 Å². The van der Waals surface area contributed by atoms with Gasteiger partial charge in [-0.3, -0.25) is 4.99 Å². The van der Waals surface area contributed by atoms with Gasteiger partial charge in [0.1, 0.15) is 5.75 Å². The topological polar surface area (TPSA) is 59.6 Å². The van der Waals surface area contributed by atoms with E-state index in [-0.39, 0.29) is 0 Å². The van der Waals surface area contributed by atoms with Gasteiger partial charge in [0.25, 0.3) is 0 Å². The van der Waals surface area contributed by atoms with Crippen LogP contribution in [-0.4, -0.2) is 19.6 Å². The number of hydrogen-bond acceptors (Lipinski definition) is 2. The Hall–Kier alpha value is -2.49. The third-order valence-electron chi connectivity index (χ3n) is 4.34. The van der Waals surface area contributed by atoms with Crippen molar-refractivity contribution in [1.82, 2.24) is 0 Å². The molecular weight excluding hydrogens is 286 g/mol. The molecule has 120 valence electrons. The predicted octanol–water partition coefficient (Wildman–Crippen LogP) is 3.54. The highest BCUT2D eigenvalue weighted by molar-refractivity contribution is 5.92. The van der Waals surface area contributed by atoms with E-state index in [0.717, 1.165) is 18.0 Å². The molecule has 4 nitrogen and oxygen atoms in total. The van der Waals surface area contributed by atoms with Crippen molar-refractivity contribution in [3.8, 4) is 5.75 Å². The van der Waals surface area contributed by atoms with Crippen LogP contribution in [0.3, 0.4) is 0 Å². The van der Waals surface area contributed by atoms with Crippen molar-refractivity contribution in [2.45, 2.75) is 25.2 Å². The molecule has 0 bridgehead atoms. The van der Waals surface area contributed by atoms with E-state index in [1.807, 2.05) is 24.3 Å². The number of hydrogen-bond donors (Lipinski definition) is 2. The summed E-state index contributed by atoms with van der Waals surface area (Å²) < 4.78 is 5.15. The molecule has 1 atom stereocenters. The second-order valence-electron chi connectivity index (χ2n) is 5.87. The zero-order valence-corrected chi connectivity index (χ0v) is 13.5. The molecule has 0 spiro atoms. The number of methoxy groups -OCH3 is 1. The summed E-state index contributed by atoms with van der Waals surface area (Å²) in [5, 5.41) is 3.13. The molecule has 0 aliphatic heterocycles. The number of benzene rings is 2. The summed E-state index contributed by atoms with van der Waals surface area (Å²) in [6, 6.07) is 16.3. The molecule has 4 heteroatoms. The highest BCUT2D eigenvalue weighted by atomic mass is 16.5. The smallest absolute Gasteiger partial charge is 0.193 e. The first kappa shape index (κ1) is 15.4. The van der Waals surface area contributed by atoms with Crippen molar-refractivity contribution >= 4 is 11.6 Å². The fraction of sp³-hybridized carbons (Fsp3) is 0.316. The average molecular weight is 309 g/mol. The van der Waals surface area contributed by atoms with Gasteiger partial charge in [-0.05, 0) is 54.7 Å². The molecule has 0 aromatic heterocycles. The van der Waals surface area contributed by atoms with Gasteiger partial charge in [-0.25, -0.2) is 0 Å². The van der Waals surface area contributed by atoms with Gasteiger partial charge < -0.3 is 15.8 Å². The molecule has 3 N–H and O–H groups in total. The minimum absolute atomic E-state index is 0.457. The van der Waals surface area contributed by atoms with Gasteiger partial charge in [-0.2, -0.15) is 0 Å². The van der Waals surface area contributed by atoms with Gasteiger partial charge in [0, 0.05) is 18.2 Å². The van der Waals surface area contributed by atoms with Crippen LogP contribution in [0.2, 0.25) is 0 Å². The Morgan fingerprint density at radius 3 is 2.78 bits per heavy atom. The lowest BCUT2D eigenvalue weighted by Gasteiger charge is -2.24. The fourth-order valence-electron chi connectivity index (χ4n) is 3.11. The van der Waals surface area contributed by atoms with Crippen LogP contribution in [0.25, 0.3) is 0 Å². The summed E-state index contributed by atoms with van der Waals surface area (Å²) >= 11 is 0. The predicted molar refractivity (Wildman–Crippen MR) is 95.2 cm³/mol. The molecule has 0 radical (unpaired) electrons. The Balaban J connectivity index is 1.63. The molecule has 2 aromatic rings. The molecule has 0 heterocycles. The number of nitrogens with zero attached hydrogens (tertiary/aromatic N) is 1. The molecule has 0 fully saturated rings. The van der Waals surface area contributed by atoms with E-state index < -0.39 is 0 Å². The third kappa shape index (κ3) is 3.83. The number of guanidine groups is 1. The highest BCUT2D eigenvalue weighted by Crippen LogP contribution is 2.31. The second kappa shape index (κ2) is 7.18. The van der Waals surface area contributed by atoms with Crippen molar-refractivity contribution < 1.29 is 4.74 Å². The number of rotatable bonds is 4.